The largest absolute Gasteiger partial charge is 0.465 e. The van der Waals surface area contributed by atoms with E-state index >= 15 is 0 Å². The molecule has 2 heterocycles. The molecule has 0 aliphatic rings. The first kappa shape index (κ1) is 24.4. The fourth-order valence-electron chi connectivity index (χ4n) is 3.29. The minimum absolute atomic E-state index is 0.165. The molecule has 33 heavy (non-hydrogen) atoms. The molecule has 0 saturated heterocycles. The number of halogens is 1. The Labute approximate surface area is 198 Å². The molecule has 9 nitrogen and oxygen atoms in total. The molecule has 1 atom stereocenters. The summed E-state index contributed by atoms with van der Waals surface area (Å²) in [6.07, 6.45) is 1.97. The lowest BCUT2D eigenvalue weighted by atomic mass is 10.1. The SMILES string of the molecule is CCOC(=O)C(Br)Cc1ccc(Cn2c(=O)n(CC(=O)N(C)C)c(=O)c3cccnc32)cc1. The lowest BCUT2D eigenvalue weighted by Crippen LogP contribution is -2.44. The number of likely N-dealkylation sites (N-methyl/N-ethyl adjacent to an activating group) is 1. The molecule has 1 amide bonds. The number of carbonyl (C=O) groups excluding carboxylic acids is 2. The van der Waals surface area contributed by atoms with Gasteiger partial charge < -0.3 is 9.64 Å². The Morgan fingerprint density at radius 1 is 1.09 bits per heavy atom. The van der Waals surface area contributed by atoms with Gasteiger partial charge in [-0.3, -0.25) is 23.5 Å². The Morgan fingerprint density at radius 3 is 2.39 bits per heavy atom. The number of hydrogen-bond acceptors (Lipinski definition) is 6. The normalized spacial score (nSPS) is 11.9. The van der Waals surface area contributed by atoms with E-state index in [-0.39, 0.29) is 36.0 Å². The summed E-state index contributed by atoms with van der Waals surface area (Å²) in [5, 5.41) is 0.261. The van der Waals surface area contributed by atoms with Crippen molar-refractivity contribution < 1.29 is 14.3 Å². The third-order valence-corrected chi connectivity index (χ3v) is 5.79. The van der Waals surface area contributed by atoms with Crippen LogP contribution in [0, 0.1) is 0 Å². The smallest absolute Gasteiger partial charge is 0.333 e. The molecule has 0 radical (unpaired) electrons. The number of pyridine rings is 1. The van der Waals surface area contributed by atoms with Crippen LogP contribution in [0.1, 0.15) is 18.1 Å². The highest BCUT2D eigenvalue weighted by atomic mass is 79.9. The number of hydrogen-bond donors (Lipinski definition) is 0. The van der Waals surface area contributed by atoms with E-state index in [1.54, 1.807) is 33.2 Å². The van der Waals surface area contributed by atoms with Crippen LogP contribution in [0.2, 0.25) is 0 Å². The quantitative estimate of drug-likeness (QED) is 0.332. The Morgan fingerprint density at radius 2 is 1.76 bits per heavy atom. The summed E-state index contributed by atoms with van der Waals surface area (Å²) in [5.41, 5.74) is 0.832. The lowest BCUT2D eigenvalue weighted by molar-refractivity contribution is -0.142. The van der Waals surface area contributed by atoms with Crippen LogP contribution in [-0.4, -0.2) is 56.4 Å². The van der Waals surface area contributed by atoms with E-state index in [1.165, 1.54) is 15.7 Å². The standard InChI is InChI=1S/C23H25BrN4O5/c1-4-33-22(31)18(24)12-15-7-9-16(10-8-15)13-27-20-17(6-5-11-25-20)21(30)28(23(27)32)14-19(29)26(2)3/h5-11,18H,4,12-14H2,1-3H3. The summed E-state index contributed by atoms with van der Waals surface area (Å²) in [5.74, 6) is -0.681. The van der Waals surface area contributed by atoms with Gasteiger partial charge in [-0.2, -0.15) is 0 Å². The van der Waals surface area contributed by atoms with Crippen molar-refractivity contribution in [3.8, 4) is 0 Å². The zero-order valence-corrected chi connectivity index (χ0v) is 20.2. The molecule has 1 unspecified atom stereocenters. The predicted octanol–water partition coefficient (Wildman–Crippen LogP) is 1.56. The molecule has 0 spiro atoms. The van der Waals surface area contributed by atoms with Crippen LogP contribution in [0.25, 0.3) is 11.0 Å². The molecular formula is C23H25BrN4O5. The van der Waals surface area contributed by atoms with Gasteiger partial charge in [0.05, 0.1) is 18.5 Å². The van der Waals surface area contributed by atoms with E-state index in [1.807, 2.05) is 24.3 Å². The number of esters is 1. The summed E-state index contributed by atoms with van der Waals surface area (Å²) in [6, 6.07) is 10.6. The van der Waals surface area contributed by atoms with Crippen LogP contribution in [0.4, 0.5) is 0 Å². The summed E-state index contributed by atoms with van der Waals surface area (Å²) >= 11 is 3.34. The first-order valence-corrected chi connectivity index (χ1v) is 11.3. The van der Waals surface area contributed by atoms with E-state index in [4.69, 9.17) is 4.74 Å². The molecule has 174 valence electrons. The predicted molar refractivity (Wildman–Crippen MR) is 128 cm³/mol. The second kappa shape index (κ2) is 10.6. The van der Waals surface area contributed by atoms with Crippen LogP contribution in [-0.2, 0) is 33.8 Å². The number of amides is 1. The fourth-order valence-corrected chi connectivity index (χ4v) is 3.80. The van der Waals surface area contributed by atoms with Gasteiger partial charge in [-0.25, -0.2) is 9.78 Å². The molecule has 3 aromatic rings. The van der Waals surface area contributed by atoms with Crippen molar-refractivity contribution >= 4 is 38.8 Å². The van der Waals surface area contributed by atoms with E-state index in [0.717, 1.165) is 15.7 Å². The Balaban J connectivity index is 1.94. The summed E-state index contributed by atoms with van der Waals surface area (Å²) in [6.45, 7) is 1.89. The maximum absolute atomic E-state index is 13.2. The van der Waals surface area contributed by atoms with E-state index in [2.05, 4.69) is 20.9 Å². The Hall–Kier alpha value is -3.27. The summed E-state index contributed by atoms with van der Waals surface area (Å²) < 4.78 is 7.34. The Bertz CT molecular complexity index is 1280. The van der Waals surface area contributed by atoms with Gasteiger partial charge in [0.2, 0.25) is 5.91 Å². The minimum Gasteiger partial charge on any atom is -0.465 e. The number of benzene rings is 1. The van der Waals surface area contributed by atoms with E-state index < -0.39 is 16.1 Å². The average Bonchev–Trinajstić information content (AvgIpc) is 2.80. The zero-order chi connectivity index (χ0) is 24.1. The highest BCUT2D eigenvalue weighted by Gasteiger charge is 2.18. The van der Waals surface area contributed by atoms with Gasteiger partial charge in [0, 0.05) is 20.3 Å². The number of ether oxygens (including phenoxy) is 1. The first-order chi connectivity index (χ1) is 15.7. The molecule has 10 heteroatoms. The summed E-state index contributed by atoms with van der Waals surface area (Å²) in [7, 11) is 3.13. The van der Waals surface area contributed by atoms with Gasteiger partial charge in [-0.1, -0.05) is 40.2 Å². The number of nitrogens with zero attached hydrogens (tertiary/aromatic N) is 4. The van der Waals surface area contributed by atoms with Crippen molar-refractivity contribution in [2.24, 2.45) is 0 Å². The number of rotatable bonds is 8. The number of aromatic nitrogens is 3. The second-order valence-corrected chi connectivity index (χ2v) is 8.77. The van der Waals surface area contributed by atoms with E-state index in [9.17, 15) is 19.2 Å². The number of alkyl halides is 1. The molecule has 0 bridgehead atoms. The number of fused-ring (bicyclic) bond motifs is 1. The third-order valence-electron chi connectivity index (χ3n) is 5.09. The minimum atomic E-state index is -0.603. The third kappa shape index (κ3) is 5.57. The van der Waals surface area contributed by atoms with Crippen LogP contribution in [0.5, 0.6) is 0 Å². The molecule has 0 N–H and O–H groups in total. The van der Waals surface area contributed by atoms with Gasteiger partial charge >= 0.3 is 11.7 Å². The van der Waals surface area contributed by atoms with Gasteiger partial charge in [-0.05, 0) is 36.6 Å². The molecule has 0 saturated carbocycles. The second-order valence-electron chi connectivity index (χ2n) is 7.66. The van der Waals surface area contributed by atoms with Crippen molar-refractivity contribution in [2.75, 3.05) is 20.7 Å². The average molecular weight is 517 g/mol. The topological polar surface area (TPSA) is 103 Å². The maximum Gasteiger partial charge on any atom is 0.333 e. The molecular weight excluding hydrogens is 492 g/mol. The van der Waals surface area contributed by atoms with Crippen LogP contribution in [0.3, 0.4) is 0 Å². The molecule has 2 aromatic heterocycles. The van der Waals surface area contributed by atoms with Crippen LogP contribution in [0.15, 0.2) is 52.2 Å². The van der Waals surface area contributed by atoms with E-state index in [0.29, 0.717) is 13.0 Å². The zero-order valence-electron chi connectivity index (χ0n) is 18.7. The van der Waals surface area contributed by atoms with Gasteiger partial charge in [-0.15, -0.1) is 0 Å². The van der Waals surface area contributed by atoms with Gasteiger partial charge in [0.1, 0.15) is 17.0 Å². The molecule has 0 aliphatic heterocycles. The van der Waals surface area contributed by atoms with Crippen molar-refractivity contribution in [2.45, 2.75) is 31.3 Å². The molecule has 0 aliphatic carbocycles. The monoisotopic (exact) mass is 516 g/mol. The van der Waals surface area contributed by atoms with Crippen molar-refractivity contribution in [1.82, 2.24) is 19.0 Å². The summed E-state index contributed by atoms with van der Waals surface area (Å²) in [4.78, 5) is 55.2. The van der Waals surface area contributed by atoms with Gasteiger partial charge in [0.15, 0.2) is 0 Å². The highest BCUT2D eigenvalue weighted by molar-refractivity contribution is 9.10. The van der Waals surface area contributed by atoms with Crippen molar-refractivity contribution in [3.05, 3.63) is 74.6 Å². The first-order valence-electron chi connectivity index (χ1n) is 10.4. The molecule has 1 aromatic carbocycles. The van der Waals surface area contributed by atoms with Gasteiger partial charge in [0.25, 0.3) is 5.56 Å². The maximum atomic E-state index is 13.2. The van der Waals surface area contributed by atoms with Crippen molar-refractivity contribution in [3.63, 3.8) is 0 Å². The number of carbonyl (C=O) groups is 2. The molecule has 0 fully saturated rings. The highest BCUT2D eigenvalue weighted by Crippen LogP contribution is 2.14. The fraction of sp³-hybridized carbons (Fsp3) is 0.348. The molecule has 3 rings (SSSR count). The van der Waals surface area contributed by atoms with Crippen LogP contribution >= 0.6 is 15.9 Å². The van der Waals surface area contributed by atoms with Crippen LogP contribution < -0.4 is 11.2 Å². The lowest BCUT2D eigenvalue weighted by Gasteiger charge is -2.15. The Kier molecular flexibility index (Phi) is 7.80. The van der Waals surface area contributed by atoms with Crippen molar-refractivity contribution in [1.29, 1.82) is 0 Å².